The molecule has 2 aromatic rings. The van der Waals surface area contributed by atoms with Gasteiger partial charge in [-0.25, -0.2) is 0 Å². The molecule has 1 atom stereocenters. The molecule has 24 heavy (non-hydrogen) atoms. The van der Waals surface area contributed by atoms with Gasteiger partial charge in [0.05, 0.1) is 0 Å². The van der Waals surface area contributed by atoms with Crippen LogP contribution in [0.3, 0.4) is 0 Å². The van der Waals surface area contributed by atoms with Crippen LogP contribution in [0.4, 0.5) is 0 Å². The van der Waals surface area contributed by atoms with Crippen molar-refractivity contribution >= 4 is 12.4 Å². The quantitative estimate of drug-likeness (QED) is 0.826. The first-order valence-electron chi connectivity index (χ1n) is 8.46. The van der Waals surface area contributed by atoms with E-state index >= 15 is 0 Å². The van der Waals surface area contributed by atoms with E-state index in [1.807, 2.05) is 31.3 Å². The topological polar surface area (TPSA) is 24.5 Å². The van der Waals surface area contributed by atoms with Crippen LogP contribution in [-0.2, 0) is 13.2 Å². The molecule has 1 aliphatic rings. The van der Waals surface area contributed by atoms with E-state index in [1.54, 1.807) is 0 Å². The molecule has 0 saturated carbocycles. The van der Waals surface area contributed by atoms with Gasteiger partial charge in [-0.05, 0) is 55.7 Å². The summed E-state index contributed by atoms with van der Waals surface area (Å²) in [5.41, 5.74) is 2.54. The molecule has 4 heteroatoms. The van der Waals surface area contributed by atoms with Gasteiger partial charge in [0.25, 0.3) is 0 Å². The summed E-state index contributed by atoms with van der Waals surface area (Å²) in [6.45, 7) is 5.15. The minimum atomic E-state index is 0. The third-order valence-electron chi connectivity index (χ3n) is 4.42. The molecule has 2 aromatic carbocycles. The fraction of sp³-hybridized carbons (Fsp3) is 0.400. The maximum Gasteiger partial charge on any atom is 0.120 e. The molecule has 1 saturated heterocycles. The van der Waals surface area contributed by atoms with Crippen LogP contribution in [0.5, 0.6) is 5.75 Å². The van der Waals surface area contributed by atoms with Gasteiger partial charge in [0.2, 0.25) is 0 Å². The smallest absolute Gasteiger partial charge is 0.120 e. The van der Waals surface area contributed by atoms with Gasteiger partial charge in [-0.2, -0.15) is 0 Å². The fourth-order valence-corrected chi connectivity index (χ4v) is 3.24. The third kappa shape index (κ3) is 5.52. The highest BCUT2D eigenvalue weighted by Crippen LogP contribution is 2.21. The first-order chi connectivity index (χ1) is 11.3. The summed E-state index contributed by atoms with van der Waals surface area (Å²) in [6.07, 6.45) is 1.30. The zero-order valence-corrected chi connectivity index (χ0v) is 15.1. The SMILES string of the molecule is CNCC1CCN(Cc2cccc(OCc3ccccc3)c2)C1.Cl. The second-order valence-corrected chi connectivity index (χ2v) is 6.37. The predicted molar refractivity (Wildman–Crippen MR) is 102 cm³/mol. The number of hydrogen-bond acceptors (Lipinski definition) is 3. The molecule has 3 rings (SSSR count). The van der Waals surface area contributed by atoms with Crippen molar-refractivity contribution in [1.29, 1.82) is 0 Å². The van der Waals surface area contributed by atoms with Gasteiger partial charge >= 0.3 is 0 Å². The van der Waals surface area contributed by atoms with Gasteiger partial charge in [-0.1, -0.05) is 42.5 Å². The zero-order valence-electron chi connectivity index (χ0n) is 14.3. The van der Waals surface area contributed by atoms with Crippen LogP contribution in [0.1, 0.15) is 17.5 Å². The molecule has 1 fully saturated rings. The Hall–Kier alpha value is -1.55. The van der Waals surface area contributed by atoms with E-state index in [0.717, 1.165) is 24.8 Å². The number of likely N-dealkylation sites (tertiary alicyclic amines) is 1. The minimum absolute atomic E-state index is 0. The van der Waals surface area contributed by atoms with Crippen molar-refractivity contribution < 1.29 is 4.74 Å². The number of hydrogen-bond donors (Lipinski definition) is 1. The highest BCUT2D eigenvalue weighted by atomic mass is 35.5. The number of ether oxygens (including phenoxy) is 1. The summed E-state index contributed by atoms with van der Waals surface area (Å²) in [4.78, 5) is 2.54. The van der Waals surface area contributed by atoms with E-state index in [1.165, 1.54) is 30.6 Å². The van der Waals surface area contributed by atoms with Gasteiger partial charge in [-0.15, -0.1) is 12.4 Å². The van der Waals surface area contributed by atoms with Crippen LogP contribution in [0.15, 0.2) is 54.6 Å². The Kier molecular flexibility index (Phi) is 7.57. The van der Waals surface area contributed by atoms with Crippen molar-refractivity contribution in [3.8, 4) is 5.75 Å². The van der Waals surface area contributed by atoms with Gasteiger partial charge in [-0.3, -0.25) is 4.90 Å². The van der Waals surface area contributed by atoms with Crippen LogP contribution >= 0.6 is 12.4 Å². The summed E-state index contributed by atoms with van der Waals surface area (Å²) in [7, 11) is 2.04. The van der Waals surface area contributed by atoms with Crippen molar-refractivity contribution in [2.45, 2.75) is 19.6 Å². The number of nitrogens with zero attached hydrogens (tertiary/aromatic N) is 1. The molecule has 1 unspecified atom stereocenters. The Morgan fingerprint density at radius 1 is 1.08 bits per heavy atom. The largest absolute Gasteiger partial charge is 0.489 e. The van der Waals surface area contributed by atoms with E-state index in [0.29, 0.717) is 6.61 Å². The van der Waals surface area contributed by atoms with Crippen LogP contribution in [0.2, 0.25) is 0 Å². The van der Waals surface area contributed by atoms with Crippen LogP contribution in [0.25, 0.3) is 0 Å². The molecule has 0 aromatic heterocycles. The van der Waals surface area contributed by atoms with Crippen LogP contribution < -0.4 is 10.1 Å². The fourth-order valence-electron chi connectivity index (χ4n) is 3.24. The zero-order chi connectivity index (χ0) is 15.9. The molecule has 1 heterocycles. The summed E-state index contributed by atoms with van der Waals surface area (Å²) < 4.78 is 5.93. The van der Waals surface area contributed by atoms with Crippen molar-refractivity contribution in [3.63, 3.8) is 0 Å². The molecule has 0 spiro atoms. The average Bonchev–Trinajstić information content (AvgIpc) is 3.02. The van der Waals surface area contributed by atoms with Crippen LogP contribution in [-0.4, -0.2) is 31.6 Å². The standard InChI is InChI=1S/C20H26N2O.ClH/c1-21-13-19-10-11-22(15-19)14-18-8-5-9-20(12-18)23-16-17-6-3-2-4-7-17;/h2-9,12,19,21H,10-11,13-16H2,1H3;1H. The van der Waals surface area contributed by atoms with E-state index in [9.17, 15) is 0 Å². The molecule has 0 bridgehead atoms. The maximum atomic E-state index is 5.93. The number of benzene rings is 2. The lowest BCUT2D eigenvalue weighted by Crippen LogP contribution is -2.24. The van der Waals surface area contributed by atoms with Gasteiger partial charge in [0, 0.05) is 13.1 Å². The van der Waals surface area contributed by atoms with Crippen molar-refractivity contribution in [3.05, 3.63) is 65.7 Å². The van der Waals surface area contributed by atoms with Gasteiger partial charge < -0.3 is 10.1 Å². The molecule has 0 radical (unpaired) electrons. The highest BCUT2D eigenvalue weighted by molar-refractivity contribution is 5.85. The Labute approximate surface area is 151 Å². The number of halogens is 1. The van der Waals surface area contributed by atoms with Gasteiger partial charge in [0.15, 0.2) is 0 Å². The maximum absolute atomic E-state index is 5.93. The highest BCUT2D eigenvalue weighted by Gasteiger charge is 2.21. The molecular weight excluding hydrogens is 320 g/mol. The Morgan fingerprint density at radius 2 is 1.88 bits per heavy atom. The minimum Gasteiger partial charge on any atom is -0.489 e. The molecular formula is C20H27ClN2O. The Bertz CT molecular complexity index is 606. The Balaban J connectivity index is 0.00000208. The lowest BCUT2D eigenvalue weighted by atomic mass is 10.1. The average molecular weight is 347 g/mol. The molecule has 0 aliphatic carbocycles. The molecule has 130 valence electrons. The summed E-state index contributed by atoms with van der Waals surface area (Å²) >= 11 is 0. The predicted octanol–water partition coefficient (Wildman–Crippen LogP) is 3.73. The monoisotopic (exact) mass is 346 g/mol. The summed E-state index contributed by atoms with van der Waals surface area (Å²) in [6, 6.07) is 18.8. The van der Waals surface area contributed by atoms with E-state index < -0.39 is 0 Å². The summed E-state index contributed by atoms with van der Waals surface area (Å²) in [5, 5.41) is 3.29. The number of rotatable bonds is 7. The molecule has 3 nitrogen and oxygen atoms in total. The van der Waals surface area contributed by atoms with Crippen molar-refractivity contribution in [2.24, 2.45) is 5.92 Å². The molecule has 1 N–H and O–H groups in total. The van der Waals surface area contributed by atoms with Crippen molar-refractivity contribution in [1.82, 2.24) is 10.2 Å². The molecule has 1 aliphatic heterocycles. The third-order valence-corrected chi connectivity index (χ3v) is 4.42. The van der Waals surface area contributed by atoms with E-state index in [-0.39, 0.29) is 12.4 Å². The first-order valence-corrected chi connectivity index (χ1v) is 8.46. The Morgan fingerprint density at radius 3 is 2.67 bits per heavy atom. The normalized spacial score (nSPS) is 17.5. The van der Waals surface area contributed by atoms with E-state index in [2.05, 4.69) is 40.5 Å². The lowest BCUT2D eigenvalue weighted by molar-refractivity contribution is 0.300. The van der Waals surface area contributed by atoms with Crippen molar-refractivity contribution in [2.75, 3.05) is 26.7 Å². The van der Waals surface area contributed by atoms with Gasteiger partial charge in [0.1, 0.15) is 12.4 Å². The molecule has 0 amide bonds. The number of nitrogens with one attached hydrogen (secondary N) is 1. The second kappa shape index (κ2) is 9.67. The second-order valence-electron chi connectivity index (χ2n) is 6.37. The van der Waals surface area contributed by atoms with E-state index in [4.69, 9.17) is 4.74 Å². The first kappa shape index (κ1) is 18.8. The lowest BCUT2D eigenvalue weighted by Gasteiger charge is -2.16. The van der Waals surface area contributed by atoms with Crippen LogP contribution in [0, 0.1) is 5.92 Å². The summed E-state index contributed by atoms with van der Waals surface area (Å²) in [5.74, 6) is 1.75.